The first kappa shape index (κ1) is 18.8. The van der Waals surface area contributed by atoms with Crippen LogP contribution >= 0.6 is 0 Å². The lowest BCUT2D eigenvalue weighted by atomic mass is 9.67. The highest BCUT2D eigenvalue weighted by Gasteiger charge is 2.48. The first-order chi connectivity index (χ1) is 12.0. The van der Waals surface area contributed by atoms with Crippen molar-refractivity contribution >= 4 is 10.0 Å². The summed E-state index contributed by atoms with van der Waals surface area (Å²) in [4.78, 5) is 0. The molecule has 0 spiro atoms. The third-order valence-corrected chi connectivity index (χ3v) is 6.80. The molecule has 1 radical (unpaired) electrons. The van der Waals surface area contributed by atoms with Gasteiger partial charge >= 0.3 is 0 Å². The van der Waals surface area contributed by atoms with E-state index in [1.807, 2.05) is 13.0 Å². The van der Waals surface area contributed by atoms with Crippen LogP contribution in [0.25, 0.3) is 0 Å². The van der Waals surface area contributed by atoms with Crippen molar-refractivity contribution in [2.45, 2.75) is 43.7 Å². The lowest BCUT2D eigenvalue weighted by molar-refractivity contribution is -0.0192. The van der Waals surface area contributed by atoms with E-state index in [1.165, 1.54) is 11.8 Å². The van der Waals surface area contributed by atoms with Crippen molar-refractivity contribution in [3.8, 4) is 0 Å². The number of nitrogens with one attached hydrogen (secondary N) is 1. The molecule has 2 fully saturated rings. The lowest BCUT2D eigenvalue weighted by Crippen LogP contribution is -2.57. The Morgan fingerprint density at radius 1 is 1.36 bits per heavy atom. The van der Waals surface area contributed by atoms with Crippen LogP contribution in [-0.2, 0) is 20.2 Å². The van der Waals surface area contributed by atoms with Crippen LogP contribution in [-0.4, -0.2) is 57.4 Å². The molecule has 5 nitrogen and oxygen atoms in total. The molecule has 1 N–H and O–H groups in total. The molecule has 139 valence electrons. The van der Waals surface area contributed by atoms with Crippen molar-refractivity contribution in [2.75, 3.05) is 32.5 Å². The summed E-state index contributed by atoms with van der Waals surface area (Å²) in [6, 6.07) is 10.7. The third kappa shape index (κ3) is 3.92. The summed E-state index contributed by atoms with van der Waals surface area (Å²) in [6.07, 6.45) is 6.48. The van der Waals surface area contributed by atoms with E-state index in [4.69, 9.17) is 4.74 Å². The molecular formula is C19H29N2O3S. The van der Waals surface area contributed by atoms with Gasteiger partial charge in [-0.15, -0.1) is 0 Å². The van der Waals surface area contributed by atoms with Gasteiger partial charge in [0.25, 0.3) is 0 Å². The fourth-order valence-electron chi connectivity index (χ4n) is 4.28. The van der Waals surface area contributed by atoms with E-state index in [0.29, 0.717) is 25.7 Å². The molecule has 2 aliphatic rings. The Morgan fingerprint density at radius 2 is 2.12 bits per heavy atom. The Balaban J connectivity index is 1.95. The zero-order chi connectivity index (χ0) is 17.9. The van der Waals surface area contributed by atoms with E-state index < -0.39 is 10.0 Å². The monoisotopic (exact) mass is 365 g/mol. The van der Waals surface area contributed by atoms with E-state index >= 15 is 0 Å². The van der Waals surface area contributed by atoms with E-state index in [-0.39, 0.29) is 11.5 Å². The molecule has 0 amide bonds. The fraction of sp³-hybridized carbons (Fsp3) is 0.632. The maximum atomic E-state index is 11.9. The summed E-state index contributed by atoms with van der Waals surface area (Å²) in [7, 11) is -3.17. The van der Waals surface area contributed by atoms with Gasteiger partial charge in [0.1, 0.15) is 0 Å². The number of nitrogens with zero attached hydrogens (tertiary/aromatic N) is 1. The highest BCUT2D eigenvalue weighted by molar-refractivity contribution is 7.88. The first-order valence-corrected chi connectivity index (χ1v) is 11.0. The molecule has 2 saturated heterocycles. The molecule has 3 unspecified atom stereocenters. The van der Waals surface area contributed by atoms with Crippen LogP contribution in [0.15, 0.2) is 30.3 Å². The molecule has 1 aromatic carbocycles. The van der Waals surface area contributed by atoms with Crippen LogP contribution in [0.1, 0.15) is 31.7 Å². The first-order valence-electron chi connectivity index (χ1n) is 9.17. The highest BCUT2D eigenvalue weighted by Crippen LogP contribution is 2.42. The van der Waals surface area contributed by atoms with Gasteiger partial charge in [-0.2, -0.15) is 0 Å². The summed E-state index contributed by atoms with van der Waals surface area (Å²) < 4.78 is 31.7. The number of hydrogen-bond donors (Lipinski definition) is 1. The van der Waals surface area contributed by atoms with Gasteiger partial charge in [-0.05, 0) is 44.7 Å². The topological polar surface area (TPSA) is 58.6 Å². The second kappa shape index (κ2) is 7.74. The molecule has 2 heterocycles. The SMILES string of the molecule is CCOC(C1CCCN1)C1(c2ccccc2)[CH]CN(S(C)(=O)=O)CC1. The number of piperidine rings is 1. The summed E-state index contributed by atoms with van der Waals surface area (Å²) in [5.74, 6) is 0. The molecule has 0 aromatic heterocycles. The van der Waals surface area contributed by atoms with Crippen LogP contribution in [0.5, 0.6) is 0 Å². The average molecular weight is 366 g/mol. The molecule has 0 aliphatic carbocycles. The minimum absolute atomic E-state index is 0.0177. The smallest absolute Gasteiger partial charge is 0.211 e. The Kier molecular flexibility index (Phi) is 5.83. The van der Waals surface area contributed by atoms with Crippen molar-refractivity contribution < 1.29 is 13.2 Å². The van der Waals surface area contributed by atoms with E-state index in [9.17, 15) is 8.42 Å². The number of hydrogen-bond acceptors (Lipinski definition) is 4. The normalized spacial score (nSPS) is 25.8. The van der Waals surface area contributed by atoms with Crippen LogP contribution in [0, 0.1) is 6.42 Å². The Hall–Kier alpha value is -0.950. The van der Waals surface area contributed by atoms with Gasteiger partial charge in [-0.1, -0.05) is 30.3 Å². The van der Waals surface area contributed by atoms with Crippen LogP contribution in [0.3, 0.4) is 0 Å². The number of sulfonamides is 1. The maximum absolute atomic E-state index is 11.9. The Morgan fingerprint density at radius 3 is 2.64 bits per heavy atom. The lowest BCUT2D eigenvalue weighted by Gasteiger charge is -2.48. The van der Waals surface area contributed by atoms with Crippen LogP contribution in [0.2, 0.25) is 0 Å². The van der Waals surface area contributed by atoms with Gasteiger partial charge in [0.15, 0.2) is 0 Å². The van der Waals surface area contributed by atoms with Gasteiger partial charge in [-0.3, -0.25) is 0 Å². The van der Waals surface area contributed by atoms with Crippen molar-refractivity contribution in [3.63, 3.8) is 0 Å². The van der Waals surface area contributed by atoms with E-state index in [1.54, 1.807) is 4.31 Å². The Labute approximate surface area is 151 Å². The standard InChI is InChI=1S/C19H29N2O3S/c1-3-24-18(17-10-7-13-20-17)19(16-8-5-4-6-9-16)11-14-21(15-12-19)25(2,22)23/h4-6,8-9,11,17-18,20H,3,7,10,12-15H2,1-2H3. The van der Waals surface area contributed by atoms with Crippen LogP contribution in [0.4, 0.5) is 0 Å². The minimum atomic E-state index is -3.17. The molecule has 6 heteroatoms. The quantitative estimate of drug-likeness (QED) is 0.837. The fourth-order valence-corrected chi connectivity index (χ4v) is 5.04. The van der Waals surface area contributed by atoms with Gasteiger partial charge in [-0.25, -0.2) is 12.7 Å². The van der Waals surface area contributed by atoms with Gasteiger partial charge in [0.2, 0.25) is 10.0 Å². The number of rotatable bonds is 6. The summed E-state index contributed by atoms with van der Waals surface area (Å²) >= 11 is 0. The number of ether oxygens (including phenoxy) is 1. The summed E-state index contributed by atoms with van der Waals surface area (Å²) in [6.45, 7) is 4.67. The summed E-state index contributed by atoms with van der Waals surface area (Å²) in [5.41, 5.74) is 0.954. The predicted octanol–water partition coefficient (Wildman–Crippen LogP) is 1.95. The second-order valence-corrected chi connectivity index (χ2v) is 9.04. The van der Waals surface area contributed by atoms with Gasteiger partial charge in [0, 0.05) is 31.2 Å². The minimum Gasteiger partial charge on any atom is -0.376 e. The molecule has 1 aromatic rings. The van der Waals surface area contributed by atoms with E-state index in [0.717, 1.165) is 25.8 Å². The second-order valence-electron chi connectivity index (χ2n) is 7.06. The number of benzene rings is 1. The van der Waals surface area contributed by atoms with Crippen molar-refractivity contribution in [1.29, 1.82) is 0 Å². The maximum Gasteiger partial charge on any atom is 0.211 e. The predicted molar refractivity (Wildman–Crippen MR) is 99.9 cm³/mol. The molecule has 2 aliphatic heterocycles. The van der Waals surface area contributed by atoms with Crippen molar-refractivity contribution in [2.24, 2.45) is 0 Å². The van der Waals surface area contributed by atoms with Crippen molar-refractivity contribution in [3.05, 3.63) is 42.3 Å². The zero-order valence-corrected chi connectivity index (χ0v) is 16.0. The van der Waals surface area contributed by atoms with Gasteiger partial charge < -0.3 is 10.1 Å². The molecule has 25 heavy (non-hydrogen) atoms. The van der Waals surface area contributed by atoms with Crippen molar-refractivity contribution in [1.82, 2.24) is 9.62 Å². The Bertz CT molecular complexity index is 649. The molecular weight excluding hydrogens is 336 g/mol. The molecule has 0 bridgehead atoms. The van der Waals surface area contributed by atoms with Crippen LogP contribution < -0.4 is 5.32 Å². The third-order valence-electron chi connectivity index (χ3n) is 5.53. The van der Waals surface area contributed by atoms with Gasteiger partial charge in [0.05, 0.1) is 12.4 Å². The van der Waals surface area contributed by atoms with E-state index in [2.05, 4.69) is 36.0 Å². The zero-order valence-electron chi connectivity index (χ0n) is 15.1. The molecule has 3 atom stereocenters. The molecule has 0 saturated carbocycles. The largest absolute Gasteiger partial charge is 0.376 e. The average Bonchev–Trinajstić information content (AvgIpc) is 3.14. The molecule has 3 rings (SSSR count). The highest BCUT2D eigenvalue weighted by atomic mass is 32.2. The summed E-state index contributed by atoms with van der Waals surface area (Å²) in [5, 5.41) is 3.60.